The zero-order valence-electron chi connectivity index (χ0n) is 10.0. The van der Waals surface area contributed by atoms with Crippen LogP contribution in [-0.2, 0) is 11.3 Å². The SMILES string of the molecule is CCOC(=O)c1noc(CNC(C)(C)C)n1. The highest BCUT2D eigenvalue weighted by molar-refractivity contribution is 5.84. The second kappa shape index (κ2) is 5.07. The van der Waals surface area contributed by atoms with Crippen molar-refractivity contribution in [3.8, 4) is 0 Å². The number of hydrogen-bond donors (Lipinski definition) is 1. The van der Waals surface area contributed by atoms with Gasteiger partial charge in [0.15, 0.2) is 0 Å². The zero-order valence-corrected chi connectivity index (χ0v) is 10.0. The molecular formula is C10H17N3O3. The highest BCUT2D eigenvalue weighted by atomic mass is 16.5. The maximum absolute atomic E-state index is 11.2. The maximum atomic E-state index is 11.2. The van der Waals surface area contributed by atoms with Gasteiger partial charge in [-0.15, -0.1) is 0 Å². The molecule has 1 aromatic heterocycles. The fourth-order valence-electron chi connectivity index (χ4n) is 0.946. The fraction of sp³-hybridized carbons (Fsp3) is 0.700. The van der Waals surface area contributed by atoms with Crippen LogP contribution in [0, 0.1) is 0 Å². The Kier molecular flexibility index (Phi) is 4.00. The van der Waals surface area contributed by atoms with Crippen molar-refractivity contribution in [1.29, 1.82) is 0 Å². The molecule has 0 atom stereocenters. The summed E-state index contributed by atoms with van der Waals surface area (Å²) in [7, 11) is 0. The standard InChI is InChI=1S/C10H17N3O3/c1-5-15-9(14)8-12-7(16-13-8)6-11-10(2,3)4/h11H,5-6H2,1-4H3. The molecule has 1 aromatic rings. The minimum atomic E-state index is -0.562. The molecule has 0 amide bonds. The van der Waals surface area contributed by atoms with Crippen LogP contribution < -0.4 is 5.32 Å². The van der Waals surface area contributed by atoms with Gasteiger partial charge in [-0.3, -0.25) is 0 Å². The molecule has 1 heterocycles. The zero-order chi connectivity index (χ0) is 12.2. The number of hydrogen-bond acceptors (Lipinski definition) is 6. The summed E-state index contributed by atoms with van der Waals surface area (Å²) in [6, 6.07) is 0. The van der Waals surface area contributed by atoms with Gasteiger partial charge in [-0.1, -0.05) is 0 Å². The first kappa shape index (κ1) is 12.6. The number of ether oxygens (including phenoxy) is 1. The lowest BCUT2D eigenvalue weighted by Crippen LogP contribution is -2.35. The number of nitrogens with one attached hydrogen (secondary N) is 1. The molecule has 90 valence electrons. The number of carbonyl (C=O) groups excluding carboxylic acids is 1. The van der Waals surface area contributed by atoms with E-state index in [0.29, 0.717) is 19.0 Å². The molecular weight excluding hydrogens is 210 g/mol. The average Bonchev–Trinajstić information content (AvgIpc) is 2.62. The van der Waals surface area contributed by atoms with Crippen LogP contribution >= 0.6 is 0 Å². The van der Waals surface area contributed by atoms with Crippen molar-refractivity contribution >= 4 is 5.97 Å². The van der Waals surface area contributed by atoms with Gasteiger partial charge in [0.05, 0.1) is 13.2 Å². The van der Waals surface area contributed by atoms with E-state index in [1.54, 1.807) is 6.92 Å². The van der Waals surface area contributed by atoms with Gasteiger partial charge in [-0.05, 0) is 32.9 Å². The lowest BCUT2D eigenvalue weighted by atomic mass is 10.1. The molecule has 16 heavy (non-hydrogen) atoms. The quantitative estimate of drug-likeness (QED) is 0.777. The predicted molar refractivity (Wildman–Crippen MR) is 56.8 cm³/mol. The Labute approximate surface area is 94.4 Å². The third-order valence-electron chi connectivity index (χ3n) is 1.70. The van der Waals surface area contributed by atoms with E-state index >= 15 is 0 Å². The lowest BCUT2D eigenvalue weighted by Gasteiger charge is -2.18. The summed E-state index contributed by atoms with van der Waals surface area (Å²) < 4.78 is 9.65. The molecule has 0 spiro atoms. The van der Waals surface area contributed by atoms with Gasteiger partial charge in [0.25, 0.3) is 5.82 Å². The van der Waals surface area contributed by atoms with E-state index in [1.807, 2.05) is 20.8 Å². The van der Waals surface area contributed by atoms with Crippen molar-refractivity contribution < 1.29 is 14.1 Å². The number of nitrogens with zero attached hydrogens (tertiary/aromatic N) is 2. The number of aromatic nitrogens is 2. The molecule has 1 rings (SSSR count). The summed E-state index contributed by atoms with van der Waals surface area (Å²) in [4.78, 5) is 15.1. The molecule has 0 unspecified atom stereocenters. The van der Waals surface area contributed by atoms with Crippen molar-refractivity contribution in [2.45, 2.75) is 39.8 Å². The van der Waals surface area contributed by atoms with Gasteiger partial charge >= 0.3 is 5.97 Å². The van der Waals surface area contributed by atoms with Gasteiger partial charge in [0, 0.05) is 5.54 Å². The van der Waals surface area contributed by atoms with Crippen molar-refractivity contribution in [3.05, 3.63) is 11.7 Å². The third-order valence-corrected chi connectivity index (χ3v) is 1.70. The van der Waals surface area contributed by atoms with Crippen molar-refractivity contribution in [2.24, 2.45) is 0 Å². The molecule has 0 saturated carbocycles. The second-order valence-electron chi connectivity index (χ2n) is 4.34. The Bertz CT molecular complexity index is 354. The van der Waals surface area contributed by atoms with Gasteiger partial charge in [0.1, 0.15) is 0 Å². The average molecular weight is 227 g/mol. The molecule has 0 aliphatic carbocycles. The Morgan fingerprint density at radius 3 is 2.75 bits per heavy atom. The number of rotatable bonds is 4. The second-order valence-corrected chi connectivity index (χ2v) is 4.34. The van der Waals surface area contributed by atoms with E-state index in [4.69, 9.17) is 9.26 Å². The molecule has 6 heteroatoms. The molecule has 0 aliphatic rings. The first-order valence-corrected chi connectivity index (χ1v) is 5.17. The molecule has 0 aromatic carbocycles. The van der Waals surface area contributed by atoms with Gasteiger partial charge < -0.3 is 14.6 Å². The summed E-state index contributed by atoms with van der Waals surface area (Å²) in [6.45, 7) is 8.51. The van der Waals surface area contributed by atoms with Gasteiger partial charge in [0.2, 0.25) is 5.89 Å². The largest absolute Gasteiger partial charge is 0.460 e. The lowest BCUT2D eigenvalue weighted by molar-refractivity contribution is 0.0508. The topological polar surface area (TPSA) is 77.2 Å². The van der Waals surface area contributed by atoms with Crippen LogP contribution in [0.3, 0.4) is 0 Å². The third kappa shape index (κ3) is 3.98. The first-order chi connectivity index (χ1) is 7.42. The van der Waals surface area contributed by atoms with Gasteiger partial charge in [-0.25, -0.2) is 4.79 Å². The molecule has 0 radical (unpaired) electrons. The van der Waals surface area contributed by atoms with E-state index in [-0.39, 0.29) is 11.4 Å². The smallest absolute Gasteiger partial charge is 0.379 e. The Morgan fingerprint density at radius 1 is 1.50 bits per heavy atom. The highest BCUT2D eigenvalue weighted by Crippen LogP contribution is 2.03. The van der Waals surface area contributed by atoms with E-state index in [0.717, 1.165) is 0 Å². The van der Waals surface area contributed by atoms with Gasteiger partial charge in [-0.2, -0.15) is 4.98 Å². The molecule has 1 N–H and O–H groups in total. The summed E-state index contributed by atoms with van der Waals surface area (Å²) in [5, 5.41) is 6.71. The fourth-order valence-corrected chi connectivity index (χ4v) is 0.946. The van der Waals surface area contributed by atoms with E-state index < -0.39 is 5.97 Å². The molecule has 0 bridgehead atoms. The van der Waals surface area contributed by atoms with Crippen LogP contribution in [0.4, 0.5) is 0 Å². The molecule has 6 nitrogen and oxygen atoms in total. The summed E-state index contributed by atoms with van der Waals surface area (Å²) in [6.07, 6.45) is 0. The van der Waals surface area contributed by atoms with Crippen LogP contribution in [0.15, 0.2) is 4.52 Å². The van der Waals surface area contributed by atoms with Crippen LogP contribution in [0.5, 0.6) is 0 Å². The minimum Gasteiger partial charge on any atom is -0.460 e. The van der Waals surface area contributed by atoms with E-state index in [1.165, 1.54) is 0 Å². The Balaban J connectivity index is 2.55. The summed E-state index contributed by atoms with van der Waals surface area (Å²) >= 11 is 0. The normalized spacial score (nSPS) is 11.5. The minimum absolute atomic E-state index is 0.0347. The van der Waals surface area contributed by atoms with Crippen LogP contribution in [0.2, 0.25) is 0 Å². The molecule has 0 fully saturated rings. The molecule has 0 aliphatic heterocycles. The summed E-state index contributed by atoms with van der Waals surface area (Å²) in [5.74, 6) is -0.223. The maximum Gasteiger partial charge on any atom is 0.379 e. The van der Waals surface area contributed by atoms with Crippen LogP contribution in [0.1, 0.15) is 44.2 Å². The highest BCUT2D eigenvalue weighted by Gasteiger charge is 2.17. The Hall–Kier alpha value is -1.43. The van der Waals surface area contributed by atoms with Crippen LogP contribution in [-0.4, -0.2) is 28.3 Å². The number of carbonyl (C=O) groups is 1. The Morgan fingerprint density at radius 2 is 2.19 bits per heavy atom. The number of esters is 1. The van der Waals surface area contributed by atoms with E-state index in [2.05, 4.69) is 15.5 Å². The summed E-state index contributed by atoms with van der Waals surface area (Å²) in [5.41, 5.74) is -0.0431. The van der Waals surface area contributed by atoms with Crippen LogP contribution in [0.25, 0.3) is 0 Å². The van der Waals surface area contributed by atoms with E-state index in [9.17, 15) is 4.79 Å². The van der Waals surface area contributed by atoms with Crippen molar-refractivity contribution in [1.82, 2.24) is 15.5 Å². The predicted octanol–water partition coefficient (Wildman–Crippen LogP) is 1.13. The molecule has 0 saturated heterocycles. The van der Waals surface area contributed by atoms with Crippen molar-refractivity contribution in [3.63, 3.8) is 0 Å². The van der Waals surface area contributed by atoms with Crippen molar-refractivity contribution in [2.75, 3.05) is 6.61 Å². The first-order valence-electron chi connectivity index (χ1n) is 5.17. The monoisotopic (exact) mass is 227 g/mol.